The van der Waals surface area contributed by atoms with Gasteiger partial charge in [-0.15, -0.1) is 0 Å². The highest BCUT2D eigenvalue weighted by Crippen LogP contribution is 2.35. The molecule has 2 aromatic carbocycles. The molecule has 0 aliphatic rings. The molecule has 0 aliphatic carbocycles. The molecule has 10 heteroatoms. The first-order valence-electron chi connectivity index (χ1n) is 11.9. The molecule has 0 N–H and O–H groups in total. The van der Waals surface area contributed by atoms with Crippen LogP contribution in [0.5, 0.6) is 0 Å². The van der Waals surface area contributed by atoms with Crippen molar-refractivity contribution in [3.63, 3.8) is 0 Å². The van der Waals surface area contributed by atoms with E-state index in [0.717, 1.165) is 24.5 Å². The SMILES string of the molecule is C[C@H](C[S@@](=O)C(C)(C)C)c1cc(=O)n(C)cc1-c1cc(CS(C)(=O)=O)c(F)cc1C(=O)c1ccc(F)cc1. The number of carbonyl (C=O) groups is 1. The third kappa shape index (κ3) is 6.91. The van der Waals surface area contributed by atoms with Gasteiger partial charge in [-0.3, -0.25) is 13.8 Å². The van der Waals surface area contributed by atoms with Crippen LogP contribution in [0, 0.1) is 11.6 Å². The van der Waals surface area contributed by atoms with Crippen LogP contribution in [-0.4, -0.2) is 39.7 Å². The third-order valence-electron chi connectivity index (χ3n) is 6.12. The smallest absolute Gasteiger partial charge is 0.250 e. The highest BCUT2D eigenvalue weighted by Gasteiger charge is 2.27. The molecule has 0 saturated carbocycles. The van der Waals surface area contributed by atoms with E-state index in [-0.39, 0.29) is 33.6 Å². The van der Waals surface area contributed by atoms with E-state index in [1.54, 1.807) is 0 Å². The summed E-state index contributed by atoms with van der Waals surface area (Å²) in [5.74, 6) is -2.79. The lowest BCUT2D eigenvalue weighted by atomic mass is 9.88. The Kier molecular flexibility index (Phi) is 8.58. The second kappa shape index (κ2) is 11.0. The van der Waals surface area contributed by atoms with E-state index >= 15 is 4.39 Å². The van der Waals surface area contributed by atoms with E-state index in [4.69, 9.17) is 0 Å². The molecule has 204 valence electrons. The fourth-order valence-electron chi connectivity index (χ4n) is 4.02. The molecule has 0 aliphatic heterocycles. The average molecular weight is 564 g/mol. The second-order valence-corrected chi connectivity index (χ2v) is 14.9. The first kappa shape index (κ1) is 29.6. The van der Waals surface area contributed by atoms with E-state index in [9.17, 15) is 26.6 Å². The molecule has 38 heavy (non-hydrogen) atoms. The van der Waals surface area contributed by atoms with Crippen LogP contribution in [0.3, 0.4) is 0 Å². The molecular formula is C28H31F2NO5S2. The predicted octanol–water partition coefficient (Wildman–Crippen LogP) is 4.76. The van der Waals surface area contributed by atoms with Gasteiger partial charge in [0, 0.05) is 69.1 Å². The lowest BCUT2D eigenvalue weighted by Crippen LogP contribution is -2.27. The molecule has 0 amide bonds. The number of halogens is 2. The van der Waals surface area contributed by atoms with E-state index < -0.39 is 54.5 Å². The zero-order chi connectivity index (χ0) is 28.6. The van der Waals surface area contributed by atoms with Crippen LogP contribution < -0.4 is 5.56 Å². The van der Waals surface area contributed by atoms with Gasteiger partial charge in [0.2, 0.25) is 0 Å². The molecule has 0 fully saturated rings. The highest BCUT2D eigenvalue weighted by molar-refractivity contribution is 7.89. The minimum Gasteiger partial charge on any atom is -0.318 e. The van der Waals surface area contributed by atoms with Crippen LogP contribution in [0.2, 0.25) is 0 Å². The largest absolute Gasteiger partial charge is 0.318 e. The molecule has 0 unspecified atom stereocenters. The molecule has 3 rings (SSSR count). The third-order valence-corrected chi connectivity index (χ3v) is 9.13. The molecule has 2 atom stereocenters. The normalized spacial score (nSPS) is 13.8. The van der Waals surface area contributed by atoms with Crippen LogP contribution in [0.25, 0.3) is 11.1 Å². The Morgan fingerprint density at radius 3 is 2.21 bits per heavy atom. The van der Waals surface area contributed by atoms with Crippen LogP contribution in [-0.2, 0) is 33.4 Å². The van der Waals surface area contributed by atoms with Gasteiger partial charge >= 0.3 is 0 Å². The number of pyridine rings is 1. The summed E-state index contributed by atoms with van der Waals surface area (Å²) in [4.78, 5) is 26.2. The van der Waals surface area contributed by atoms with Crippen molar-refractivity contribution in [3.8, 4) is 11.1 Å². The predicted molar refractivity (Wildman–Crippen MR) is 147 cm³/mol. The lowest BCUT2D eigenvalue weighted by Gasteiger charge is -2.23. The van der Waals surface area contributed by atoms with Gasteiger partial charge in [-0.2, -0.15) is 0 Å². The maximum atomic E-state index is 15.2. The van der Waals surface area contributed by atoms with E-state index in [0.29, 0.717) is 11.1 Å². The molecule has 0 saturated heterocycles. The Morgan fingerprint density at radius 1 is 1.05 bits per heavy atom. The molecule has 0 spiro atoms. The number of benzene rings is 2. The van der Waals surface area contributed by atoms with Crippen molar-refractivity contribution in [2.45, 2.75) is 44.1 Å². The van der Waals surface area contributed by atoms with Crippen LogP contribution >= 0.6 is 0 Å². The zero-order valence-corrected chi connectivity index (χ0v) is 23.8. The minimum atomic E-state index is -3.62. The van der Waals surface area contributed by atoms with Gasteiger partial charge in [0.25, 0.3) is 5.56 Å². The summed E-state index contributed by atoms with van der Waals surface area (Å²) < 4.78 is 66.4. The summed E-state index contributed by atoms with van der Waals surface area (Å²) in [5, 5.41) is 0. The molecule has 6 nitrogen and oxygen atoms in total. The van der Waals surface area contributed by atoms with E-state index in [2.05, 4.69) is 0 Å². The van der Waals surface area contributed by atoms with Crippen molar-refractivity contribution in [2.24, 2.45) is 7.05 Å². The number of sulfone groups is 1. The standard InChI is InChI=1S/C28H31F2NO5S2/c1-17(15-37(34)28(2,3)4)21-13-26(32)31(5)14-24(21)22-11-19(16-38(6,35)36)25(30)12-23(22)27(33)18-7-9-20(29)10-8-18/h7-14,17H,15-16H2,1-6H3/t17-,37-/m1/s1. The number of hydrogen-bond acceptors (Lipinski definition) is 5. The number of carbonyl (C=O) groups excluding carboxylic acids is 1. The van der Waals surface area contributed by atoms with Crippen molar-refractivity contribution >= 4 is 26.4 Å². The molecular weight excluding hydrogens is 532 g/mol. The number of rotatable bonds is 8. The maximum absolute atomic E-state index is 15.2. The van der Waals surface area contributed by atoms with Crippen molar-refractivity contribution in [2.75, 3.05) is 12.0 Å². The van der Waals surface area contributed by atoms with Crippen molar-refractivity contribution in [1.29, 1.82) is 0 Å². The number of ketones is 1. The highest BCUT2D eigenvalue weighted by atomic mass is 32.2. The van der Waals surface area contributed by atoms with Gasteiger partial charge in [-0.05, 0) is 74.2 Å². The fourth-order valence-corrected chi connectivity index (χ4v) is 5.94. The van der Waals surface area contributed by atoms with Crippen molar-refractivity contribution in [1.82, 2.24) is 4.57 Å². The Morgan fingerprint density at radius 2 is 1.66 bits per heavy atom. The van der Waals surface area contributed by atoms with E-state index in [1.165, 1.54) is 42.1 Å². The Balaban J connectivity index is 2.32. The summed E-state index contributed by atoms with van der Waals surface area (Å²) in [6.07, 6.45) is 2.48. The summed E-state index contributed by atoms with van der Waals surface area (Å²) in [6, 6.07) is 8.47. The van der Waals surface area contributed by atoms with Gasteiger partial charge in [0.15, 0.2) is 15.6 Å². The fraction of sp³-hybridized carbons (Fsp3) is 0.357. The van der Waals surface area contributed by atoms with Crippen molar-refractivity contribution < 1.29 is 26.2 Å². The topological polar surface area (TPSA) is 90.3 Å². The molecule has 0 bridgehead atoms. The molecule has 1 heterocycles. The van der Waals surface area contributed by atoms with Crippen LogP contribution in [0.4, 0.5) is 8.78 Å². The monoisotopic (exact) mass is 563 g/mol. The van der Waals surface area contributed by atoms with Crippen LogP contribution in [0.1, 0.15) is 60.7 Å². The number of nitrogens with zero attached hydrogens (tertiary/aromatic N) is 1. The number of aryl methyl sites for hydroxylation is 1. The Bertz CT molecular complexity index is 1570. The average Bonchev–Trinajstić information content (AvgIpc) is 2.80. The first-order chi connectivity index (χ1) is 17.5. The van der Waals surface area contributed by atoms with Gasteiger partial charge in [-0.1, -0.05) is 6.92 Å². The maximum Gasteiger partial charge on any atom is 0.250 e. The molecule has 0 radical (unpaired) electrons. The first-order valence-corrected chi connectivity index (χ1v) is 15.3. The Hall–Kier alpha value is -2.98. The summed E-state index contributed by atoms with van der Waals surface area (Å²) in [6.45, 7) is 7.34. The number of hydrogen-bond donors (Lipinski definition) is 0. The van der Waals surface area contributed by atoms with Crippen molar-refractivity contribution in [3.05, 3.63) is 92.9 Å². The quantitative estimate of drug-likeness (QED) is 0.369. The molecule has 1 aromatic heterocycles. The zero-order valence-electron chi connectivity index (χ0n) is 22.2. The summed E-state index contributed by atoms with van der Waals surface area (Å²) in [7, 11) is -3.36. The van der Waals surface area contributed by atoms with Crippen LogP contribution in [0.15, 0.2) is 53.5 Å². The Labute approximate surface area is 224 Å². The summed E-state index contributed by atoms with van der Waals surface area (Å²) in [5.41, 5.74) is 0.692. The van der Waals surface area contributed by atoms with Gasteiger partial charge in [0.1, 0.15) is 11.6 Å². The molecule has 3 aromatic rings. The number of aromatic nitrogens is 1. The van der Waals surface area contributed by atoms with E-state index in [1.807, 2.05) is 27.7 Å². The summed E-state index contributed by atoms with van der Waals surface area (Å²) >= 11 is 0. The lowest BCUT2D eigenvalue weighted by molar-refractivity contribution is 0.103. The van der Waals surface area contributed by atoms with Gasteiger partial charge in [-0.25, -0.2) is 17.2 Å². The van der Waals surface area contributed by atoms with Gasteiger partial charge < -0.3 is 4.57 Å². The minimum absolute atomic E-state index is 0.0737. The van der Waals surface area contributed by atoms with Gasteiger partial charge in [0.05, 0.1) is 5.75 Å². The second-order valence-electron chi connectivity index (χ2n) is 10.5.